The van der Waals surface area contributed by atoms with Crippen LogP contribution in [0, 0.1) is 13.8 Å². The summed E-state index contributed by atoms with van der Waals surface area (Å²) in [5.41, 5.74) is 2.85. The Balaban J connectivity index is 1.93. The third-order valence-electron chi connectivity index (χ3n) is 3.68. The van der Waals surface area contributed by atoms with Crippen molar-refractivity contribution in [2.24, 2.45) is 0 Å². The number of rotatable bonds is 5. The average molecular weight is 264 g/mol. The summed E-state index contributed by atoms with van der Waals surface area (Å²) < 4.78 is 5.67. The number of likely N-dealkylation sites (tertiary alicyclic amines) is 1. The molecular formula is C15H24N2O2. The van der Waals surface area contributed by atoms with E-state index >= 15 is 0 Å². The summed E-state index contributed by atoms with van der Waals surface area (Å²) in [6, 6.07) is 1.95. The summed E-state index contributed by atoms with van der Waals surface area (Å²) in [5, 5.41) is 0. The van der Waals surface area contributed by atoms with Crippen molar-refractivity contribution >= 4 is 5.78 Å². The van der Waals surface area contributed by atoms with Gasteiger partial charge < -0.3 is 9.72 Å². The number of nitrogens with zero attached hydrogens (tertiary/aromatic N) is 1. The van der Waals surface area contributed by atoms with Gasteiger partial charge in [-0.1, -0.05) is 0 Å². The lowest BCUT2D eigenvalue weighted by Crippen LogP contribution is -2.42. The molecule has 1 aliphatic heterocycles. The first-order valence-corrected chi connectivity index (χ1v) is 7.13. The fourth-order valence-corrected chi connectivity index (χ4v) is 2.83. The van der Waals surface area contributed by atoms with Crippen molar-refractivity contribution in [2.45, 2.75) is 39.7 Å². The molecule has 1 aromatic heterocycles. The Bertz CT molecular complexity index is 437. The van der Waals surface area contributed by atoms with Gasteiger partial charge in [-0.3, -0.25) is 9.69 Å². The summed E-state index contributed by atoms with van der Waals surface area (Å²) in [7, 11) is 0. The van der Waals surface area contributed by atoms with Crippen LogP contribution in [0.5, 0.6) is 0 Å². The molecule has 0 bridgehead atoms. The molecule has 1 aromatic rings. The summed E-state index contributed by atoms with van der Waals surface area (Å²) in [6.07, 6.45) is 2.52. The molecule has 1 N–H and O–H groups in total. The van der Waals surface area contributed by atoms with E-state index in [2.05, 4.69) is 9.88 Å². The minimum absolute atomic E-state index is 0.207. The molecule has 0 saturated carbocycles. The molecule has 106 valence electrons. The Morgan fingerprint density at radius 3 is 2.95 bits per heavy atom. The highest BCUT2D eigenvalue weighted by atomic mass is 16.5. The standard InChI is InChI=1S/C15H24N2O2/c1-4-19-13-6-5-7-17(9-13)10-15(18)14-8-11(2)16-12(14)3/h8,13,16H,4-7,9-10H2,1-3H3. The summed E-state index contributed by atoms with van der Waals surface area (Å²) in [5.74, 6) is 0.207. The van der Waals surface area contributed by atoms with E-state index in [1.165, 1.54) is 0 Å². The van der Waals surface area contributed by atoms with E-state index in [0.717, 1.165) is 49.5 Å². The molecule has 1 aliphatic rings. The minimum Gasteiger partial charge on any atom is -0.377 e. The van der Waals surface area contributed by atoms with E-state index in [9.17, 15) is 4.79 Å². The molecule has 19 heavy (non-hydrogen) atoms. The summed E-state index contributed by atoms with van der Waals surface area (Å²) in [4.78, 5) is 17.7. The zero-order valence-corrected chi connectivity index (χ0v) is 12.2. The van der Waals surface area contributed by atoms with Gasteiger partial charge in [0, 0.05) is 30.1 Å². The quantitative estimate of drug-likeness (QED) is 0.830. The van der Waals surface area contributed by atoms with Gasteiger partial charge in [0.25, 0.3) is 0 Å². The van der Waals surface area contributed by atoms with E-state index in [1.54, 1.807) is 0 Å². The van der Waals surface area contributed by atoms with E-state index < -0.39 is 0 Å². The van der Waals surface area contributed by atoms with E-state index in [0.29, 0.717) is 12.6 Å². The van der Waals surface area contributed by atoms with Crippen LogP contribution < -0.4 is 0 Å². The van der Waals surface area contributed by atoms with Gasteiger partial charge in [0.15, 0.2) is 5.78 Å². The molecule has 0 aromatic carbocycles. The lowest BCUT2D eigenvalue weighted by atomic mass is 10.1. The molecule has 0 radical (unpaired) electrons. The second-order valence-corrected chi connectivity index (χ2v) is 5.37. The first-order chi connectivity index (χ1) is 9.10. The Kier molecular flexibility index (Phi) is 4.77. The fourth-order valence-electron chi connectivity index (χ4n) is 2.83. The van der Waals surface area contributed by atoms with Gasteiger partial charge in [-0.2, -0.15) is 0 Å². The number of hydrogen-bond acceptors (Lipinski definition) is 3. The first-order valence-electron chi connectivity index (χ1n) is 7.13. The third kappa shape index (κ3) is 3.67. The molecule has 1 atom stereocenters. The van der Waals surface area contributed by atoms with Crippen LogP contribution in [-0.4, -0.2) is 48.0 Å². The Labute approximate surface area is 115 Å². The smallest absolute Gasteiger partial charge is 0.178 e. The van der Waals surface area contributed by atoms with E-state index in [1.807, 2.05) is 26.8 Å². The van der Waals surface area contributed by atoms with Crippen LogP contribution in [0.3, 0.4) is 0 Å². The maximum atomic E-state index is 12.3. The second kappa shape index (κ2) is 6.35. The van der Waals surface area contributed by atoms with Gasteiger partial charge in [0.05, 0.1) is 12.6 Å². The largest absolute Gasteiger partial charge is 0.377 e. The highest BCUT2D eigenvalue weighted by Gasteiger charge is 2.23. The molecule has 2 heterocycles. The Morgan fingerprint density at radius 1 is 1.53 bits per heavy atom. The van der Waals surface area contributed by atoms with Crippen molar-refractivity contribution in [3.05, 3.63) is 23.0 Å². The number of aryl methyl sites for hydroxylation is 2. The first kappa shape index (κ1) is 14.3. The molecule has 2 rings (SSSR count). The molecule has 4 heteroatoms. The van der Waals surface area contributed by atoms with E-state index in [4.69, 9.17) is 4.74 Å². The van der Waals surface area contributed by atoms with Crippen LogP contribution in [0.4, 0.5) is 0 Å². The number of Topliss-reactive ketones (excluding diaryl/α,β-unsaturated/α-hetero) is 1. The monoisotopic (exact) mass is 264 g/mol. The summed E-state index contributed by atoms with van der Waals surface area (Å²) >= 11 is 0. The van der Waals surface area contributed by atoms with Crippen LogP contribution in [-0.2, 0) is 4.74 Å². The number of ketones is 1. The predicted molar refractivity (Wildman–Crippen MR) is 75.7 cm³/mol. The van der Waals surface area contributed by atoms with Crippen LogP contribution >= 0.6 is 0 Å². The lowest BCUT2D eigenvalue weighted by molar-refractivity contribution is 0.00718. The topological polar surface area (TPSA) is 45.3 Å². The molecule has 0 aliphatic carbocycles. The third-order valence-corrected chi connectivity index (χ3v) is 3.68. The SMILES string of the molecule is CCOC1CCCN(CC(=O)c2cc(C)[nH]c2C)C1. The number of H-pyrrole nitrogens is 1. The molecule has 0 spiro atoms. The molecular weight excluding hydrogens is 240 g/mol. The molecule has 1 saturated heterocycles. The fraction of sp³-hybridized carbons (Fsp3) is 0.667. The van der Waals surface area contributed by atoms with Crippen molar-refractivity contribution in [1.29, 1.82) is 0 Å². The Morgan fingerprint density at radius 2 is 2.32 bits per heavy atom. The molecule has 4 nitrogen and oxygen atoms in total. The zero-order chi connectivity index (χ0) is 13.8. The number of piperidine rings is 1. The van der Waals surface area contributed by atoms with Crippen LogP contribution in [0.15, 0.2) is 6.07 Å². The maximum absolute atomic E-state index is 12.3. The average Bonchev–Trinajstić information content (AvgIpc) is 2.69. The number of carbonyl (C=O) groups excluding carboxylic acids is 1. The minimum atomic E-state index is 0.207. The van der Waals surface area contributed by atoms with Crippen molar-refractivity contribution < 1.29 is 9.53 Å². The number of carbonyl (C=O) groups is 1. The lowest BCUT2D eigenvalue weighted by Gasteiger charge is -2.31. The summed E-state index contributed by atoms with van der Waals surface area (Å²) in [6.45, 7) is 9.09. The van der Waals surface area contributed by atoms with Gasteiger partial charge in [-0.05, 0) is 46.2 Å². The molecule has 0 amide bonds. The van der Waals surface area contributed by atoms with Crippen molar-refractivity contribution in [1.82, 2.24) is 9.88 Å². The van der Waals surface area contributed by atoms with Gasteiger partial charge in [-0.25, -0.2) is 0 Å². The normalized spacial score (nSPS) is 20.7. The van der Waals surface area contributed by atoms with Gasteiger partial charge >= 0.3 is 0 Å². The van der Waals surface area contributed by atoms with Crippen LogP contribution in [0.1, 0.15) is 41.5 Å². The van der Waals surface area contributed by atoms with Crippen molar-refractivity contribution in [3.63, 3.8) is 0 Å². The Hall–Kier alpha value is -1.13. The zero-order valence-electron chi connectivity index (χ0n) is 12.2. The van der Waals surface area contributed by atoms with Gasteiger partial charge in [0.2, 0.25) is 0 Å². The molecule has 1 fully saturated rings. The predicted octanol–water partition coefficient (Wildman–Crippen LogP) is 2.32. The highest BCUT2D eigenvalue weighted by molar-refractivity contribution is 5.98. The maximum Gasteiger partial charge on any atom is 0.178 e. The van der Waals surface area contributed by atoms with E-state index in [-0.39, 0.29) is 5.78 Å². The van der Waals surface area contributed by atoms with Crippen molar-refractivity contribution in [3.8, 4) is 0 Å². The highest BCUT2D eigenvalue weighted by Crippen LogP contribution is 2.15. The number of aromatic amines is 1. The van der Waals surface area contributed by atoms with Crippen LogP contribution in [0.2, 0.25) is 0 Å². The number of ether oxygens (including phenoxy) is 1. The number of nitrogens with one attached hydrogen (secondary N) is 1. The number of hydrogen-bond donors (Lipinski definition) is 1. The van der Waals surface area contributed by atoms with Crippen molar-refractivity contribution in [2.75, 3.05) is 26.2 Å². The van der Waals surface area contributed by atoms with Gasteiger partial charge in [-0.15, -0.1) is 0 Å². The number of aromatic nitrogens is 1. The van der Waals surface area contributed by atoms with Gasteiger partial charge in [0.1, 0.15) is 0 Å². The molecule has 1 unspecified atom stereocenters. The second-order valence-electron chi connectivity index (χ2n) is 5.37. The van der Waals surface area contributed by atoms with Crippen LogP contribution in [0.25, 0.3) is 0 Å².